The van der Waals surface area contributed by atoms with Gasteiger partial charge in [-0.3, -0.25) is 9.35 Å². The minimum absolute atomic E-state index is 0.0307. The second-order valence-electron chi connectivity index (χ2n) is 4.15. The largest absolute Gasteiger partial charge is 0.377 e. The highest BCUT2D eigenvalue weighted by atomic mass is 32.2. The summed E-state index contributed by atoms with van der Waals surface area (Å²) in [6.07, 6.45) is 0. The normalized spacial score (nSPS) is 11.8. The maximum Gasteiger partial charge on any atom is 0.357 e. The lowest BCUT2D eigenvalue weighted by atomic mass is 10.0. The van der Waals surface area contributed by atoms with Gasteiger partial charge < -0.3 is 9.07 Å². The van der Waals surface area contributed by atoms with Gasteiger partial charge in [-0.15, -0.1) is 4.33 Å². The van der Waals surface area contributed by atoms with Gasteiger partial charge in [0.1, 0.15) is 0 Å². The molecule has 0 radical (unpaired) electrons. The van der Waals surface area contributed by atoms with E-state index in [1.54, 1.807) is 0 Å². The maximum absolute atomic E-state index is 13.5. The minimum atomic E-state index is -2.76. The molecule has 1 unspecified atom stereocenters. The van der Waals surface area contributed by atoms with Gasteiger partial charge in [0, 0.05) is 24.0 Å². The third kappa shape index (κ3) is 4.49. The third-order valence-electron chi connectivity index (χ3n) is 2.70. The maximum atomic E-state index is 13.5. The zero-order valence-electron chi connectivity index (χ0n) is 11.5. The Morgan fingerprint density at radius 3 is 2.12 bits per heavy atom. The summed E-state index contributed by atoms with van der Waals surface area (Å²) in [5, 5.41) is 4.00. The average molecular weight is 378 g/mol. The van der Waals surface area contributed by atoms with Crippen molar-refractivity contribution in [2.24, 2.45) is 0 Å². The Balaban J connectivity index is 2.33. The van der Waals surface area contributed by atoms with Gasteiger partial charge in [-0.25, -0.2) is 8.78 Å². The summed E-state index contributed by atoms with van der Waals surface area (Å²) in [5.74, 6) is -3.47. The zero-order valence-corrected chi connectivity index (χ0v) is 13.2. The molecule has 0 aliphatic carbocycles. The van der Waals surface area contributed by atoms with E-state index in [-0.39, 0.29) is 11.1 Å². The van der Waals surface area contributed by atoms with Crippen LogP contribution in [0.5, 0.6) is 11.5 Å². The van der Waals surface area contributed by atoms with Crippen LogP contribution in [-0.4, -0.2) is 14.5 Å². The Morgan fingerprint density at radius 1 is 1.04 bits per heavy atom. The molecule has 1 atom stereocenters. The number of ketones is 1. The number of hydrogen-bond acceptors (Lipinski definition) is 7. The molecule has 0 saturated heterocycles. The Kier molecular flexibility index (Phi) is 6.23. The van der Waals surface area contributed by atoms with Crippen molar-refractivity contribution in [2.75, 3.05) is 0 Å². The third-order valence-corrected chi connectivity index (χ3v) is 3.09. The molecule has 0 saturated carbocycles. The predicted molar refractivity (Wildman–Crippen MR) is 79.4 cm³/mol. The lowest BCUT2D eigenvalue weighted by Gasteiger charge is -2.07. The van der Waals surface area contributed by atoms with Gasteiger partial charge in [-0.1, -0.05) is 0 Å². The monoisotopic (exact) mass is 378 g/mol. The molecule has 0 bridgehead atoms. The van der Waals surface area contributed by atoms with Crippen molar-refractivity contribution in [1.82, 2.24) is 0 Å². The fourth-order valence-electron chi connectivity index (χ4n) is 1.71. The molecule has 7 nitrogen and oxygen atoms in total. The van der Waals surface area contributed by atoms with Gasteiger partial charge >= 0.3 is 11.4 Å². The predicted octanol–water partition coefficient (Wildman–Crippen LogP) is 2.80. The molecule has 2 aromatic carbocycles. The molecular weight excluding hydrogens is 370 g/mol. The van der Waals surface area contributed by atoms with Crippen molar-refractivity contribution in [3.05, 3.63) is 59.2 Å². The van der Waals surface area contributed by atoms with Crippen molar-refractivity contribution in [3.8, 4) is 11.5 Å². The Morgan fingerprint density at radius 2 is 1.58 bits per heavy atom. The molecule has 0 aliphatic heterocycles. The van der Waals surface area contributed by atoms with Gasteiger partial charge in [0.25, 0.3) is 0 Å². The second-order valence-corrected chi connectivity index (χ2v) is 4.90. The molecule has 2 aromatic rings. The van der Waals surface area contributed by atoms with Gasteiger partial charge in [-0.2, -0.15) is 4.21 Å². The van der Waals surface area contributed by atoms with E-state index in [1.807, 2.05) is 0 Å². The van der Waals surface area contributed by atoms with Gasteiger partial charge in [0.05, 0.1) is 0 Å². The number of carbonyl (C=O) groups is 1. The van der Waals surface area contributed by atoms with Crippen LogP contribution in [0.2, 0.25) is 0 Å². The van der Waals surface area contributed by atoms with Gasteiger partial charge in [0.15, 0.2) is 23.2 Å². The van der Waals surface area contributed by atoms with Crippen molar-refractivity contribution in [1.29, 1.82) is 0 Å². The lowest BCUT2D eigenvalue weighted by Crippen LogP contribution is -2.06. The molecule has 2 rings (SSSR count). The van der Waals surface area contributed by atoms with Gasteiger partial charge in [-0.05, 0) is 41.4 Å². The van der Waals surface area contributed by atoms with E-state index in [1.165, 1.54) is 0 Å². The van der Waals surface area contributed by atoms with Crippen molar-refractivity contribution in [2.45, 2.75) is 0 Å². The number of hydrogen-bond donors (Lipinski definition) is 2. The van der Waals surface area contributed by atoms with Crippen molar-refractivity contribution >= 4 is 30.1 Å². The quantitative estimate of drug-likeness (QED) is 0.191. The van der Waals surface area contributed by atoms with Crippen LogP contribution < -0.4 is 9.07 Å². The molecular formula is C13H8F2O7S2. The van der Waals surface area contributed by atoms with Crippen LogP contribution in [0.25, 0.3) is 0 Å². The first-order valence-corrected chi connectivity index (χ1v) is 7.40. The number of carbonyl (C=O) groups excluding carboxylic acids is 1. The van der Waals surface area contributed by atoms with Crippen LogP contribution in [0.15, 0.2) is 36.4 Å². The molecule has 0 aromatic heterocycles. The zero-order chi connectivity index (χ0) is 17.7. The number of benzene rings is 2. The number of halogens is 2. The first-order chi connectivity index (χ1) is 11.4. The van der Waals surface area contributed by atoms with E-state index < -0.39 is 40.3 Å². The van der Waals surface area contributed by atoms with E-state index in [0.717, 1.165) is 36.4 Å². The van der Waals surface area contributed by atoms with E-state index in [2.05, 4.69) is 31.4 Å². The minimum Gasteiger partial charge on any atom is -0.377 e. The van der Waals surface area contributed by atoms with Crippen molar-refractivity contribution in [3.63, 3.8) is 0 Å². The van der Waals surface area contributed by atoms with E-state index in [9.17, 15) is 17.8 Å². The fourth-order valence-corrected chi connectivity index (χ4v) is 2.02. The molecule has 11 heteroatoms. The molecule has 0 heterocycles. The summed E-state index contributed by atoms with van der Waals surface area (Å²) in [5.41, 5.74) is -0.0994. The second kappa shape index (κ2) is 8.17. The molecule has 24 heavy (non-hydrogen) atoms. The molecule has 128 valence electrons. The molecule has 0 amide bonds. The van der Waals surface area contributed by atoms with Crippen molar-refractivity contribution < 1.29 is 40.8 Å². The first kappa shape index (κ1) is 18.3. The summed E-state index contributed by atoms with van der Waals surface area (Å²) >= 11 is 0.464. The Labute approximate surface area is 142 Å². The average Bonchev–Trinajstić information content (AvgIpc) is 2.55. The van der Waals surface area contributed by atoms with Crippen LogP contribution in [0.1, 0.15) is 15.9 Å². The highest BCUT2D eigenvalue weighted by Gasteiger charge is 2.17. The Bertz CT molecular complexity index is 785. The molecule has 1 N–H and O–H groups in total. The SMILES string of the molecule is O=C(c1ccc(F)c(OOOS)c1)c1ccc(F)c(OS(=O)O)c1. The smallest absolute Gasteiger partial charge is 0.357 e. The van der Waals surface area contributed by atoms with Crippen LogP contribution in [0, 0.1) is 11.6 Å². The molecule has 0 fully saturated rings. The van der Waals surface area contributed by atoms with Gasteiger partial charge in [0.2, 0.25) is 5.75 Å². The number of rotatable bonds is 7. The summed E-state index contributed by atoms with van der Waals surface area (Å²) in [4.78, 5) is 16.8. The van der Waals surface area contributed by atoms with E-state index >= 15 is 0 Å². The lowest BCUT2D eigenvalue weighted by molar-refractivity contribution is -0.403. The summed E-state index contributed by atoms with van der Waals surface area (Å²) in [6, 6.07) is 6.05. The van der Waals surface area contributed by atoms with Crippen LogP contribution in [0.3, 0.4) is 0 Å². The fraction of sp³-hybridized carbons (Fsp3) is 0. The summed E-state index contributed by atoms with van der Waals surface area (Å²) in [7, 11) is 0. The first-order valence-electron chi connectivity index (χ1n) is 6.00. The molecule has 0 spiro atoms. The van der Waals surface area contributed by atoms with E-state index in [0.29, 0.717) is 0 Å². The topological polar surface area (TPSA) is 91.3 Å². The van der Waals surface area contributed by atoms with Crippen LogP contribution in [0.4, 0.5) is 8.78 Å². The number of thiol groups is 1. The highest BCUT2D eigenvalue weighted by molar-refractivity contribution is 7.75. The Hall–Kier alpha value is -2.05. The summed E-state index contributed by atoms with van der Waals surface area (Å²) in [6.45, 7) is 0. The van der Waals surface area contributed by atoms with E-state index in [4.69, 9.17) is 4.55 Å². The van der Waals surface area contributed by atoms with Crippen LogP contribution in [-0.2, 0) is 20.7 Å². The molecule has 0 aliphatic rings. The standard InChI is InChI=1S/C13H8F2O7S2/c14-9-3-1-7(5-11(9)19-21-22-23)13(16)8-2-4-10(15)12(6-8)20-24(17)18/h1-6,23H,(H,17,18). The van der Waals surface area contributed by atoms with Crippen LogP contribution >= 0.6 is 12.9 Å². The highest BCUT2D eigenvalue weighted by Crippen LogP contribution is 2.24. The summed E-state index contributed by atoms with van der Waals surface area (Å²) < 4.78 is 54.4.